The van der Waals surface area contributed by atoms with Gasteiger partial charge in [0.25, 0.3) is 5.89 Å². The van der Waals surface area contributed by atoms with Gasteiger partial charge in [0, 0.05) is 5.69 Å². The first-order valence-corrected chi connectivity index (χ1v) is 8.91. The SMILES string of the molecule is O=Cc1nc(C2(c3sc(Nc4ccc(F)cc4)nc3Cl)C=CC=CN2)no1. The largest absolute Gasteiger partial charge is 0.371 e. The average Bonchev–Trinajstić information content (AvgIpc) is 3.31. The Morgan fingerprint density at radius 1 is 1.26 bits per heavy atom. The molecule has 2 N–H and O–H groups in total. The molecule has 7 nitrogen and oxygen atoms in total. The minimum Gasteiger partial charge on any atom is -0.371 e. The lowest BCUT2D eigenvalue weighted by Gasteiger charge is -2.28. The van der Waals surface area contributed by atoms with Gasteiger partial charge in [0.1, 0.15) is 11.0 Å². The van der Waals surface area contributed by atoms with Gasteiger partial charge >= 0.3 is 0 Å². The quantitative estimate of drug-likeness (QED) is 0.626. The van der Waals surface area contributed by atoms with Gasteiger partial charge in [-0.15, -0.1) is 0 Å². The summed E-state index contributed by atoms with van der Waals surface area (Å²) in [5.41, 5.74) is -0.367. The van der Waals surface area contributed by atoms with Crippen molar-refractivity contribution in [1.82, 2.24) is 20.4 Å². The van der Waals surface area contributed by atoms with E-state index >= 15 is 0 Å². The molecule has 0 bridgehead atoms. The van der Waals surface area contributed by atoms with Crippen molar-refractivity contribution in [3.05, 3.63) is 76.3 Å². The van der Waals surface area contributed by atoms with E-state index < -0.39 is 5.54 Å². The molecule has 0 aliphatic carbocycles. The zero-order chi connectivity index (χ0) is 18.9. The lowest BCUT2D eigenvalue weighted by molar-refractivity contribution is 0.108. The number of rotatable bonds is 5. The normalized spacial score (nSPS) is 18.3. The summed E-state index contributed by atoms with van der Waals surface area (Å²) in [5.74, 6) is -0.243. The zero-order valence-corrected chi connectivity index (χ0v) is 15.1. The van der Waals surface area contributed by atoms with Gasteiger partial charge in [-0.1, -0.05) is 34.2 Å². The first kappa shape index (κ1) is 17.4. The van der Waals surface area contributed by atoms with Crippen LogP contribution in [0.3, 0.4) is 0 Å². The summed E-state index contributed by atoms with van der Waals surface area (Å²) in [6, 6.07) is 5.88. The number of allylic oxidation sites excluding steroid dienone is 2. The van der Waals surface area contributed by atoms with E-state index in [1.807, 2.05) is 0 Å². The number of dihydropyridines is 1. The minimum atomic E-state index is -1.03. The molecule has 0 saturated heterocycles. The number of carbonyl (C=O) groups excluding carboxylic acids is 1. The van der Waals surface area contributed by atoms with E-state index in [2.05, 4.69) is 25.8 Å². The Kier molecular flexibility index (Phi) is 4.46. The Hall–Kier alpha value is -3.04. The highest BCUT2D eigenvalue weighted by Crippen LogP contribution is 2.41. The molecule has 1 aliphatic rings. The van der Waals surface area contributed by atoms with E-state index in [1.165, 1.54) is 23.5 Å². The first-order valence-electron chi connectivity index (χ1n) is 7.71. The molecule has 2 aromatic heterocycles. The summed E-state index contributed by atoms with van der Waals surface area (Å²) >= 11 is 7.67. The molecule has 4 rings (SSSR count). The number of hydrogen-bond donors (Lipinski definition) is 2. The van der Waals surface area contributed by atoms with Crippen molar-refractivity contribution >= 4 is 40.0 Å². The fourth-order valence-electron chi connectivity index (χ4n) is 2.56. The van der Waals surface area contributed by atoms with Gasteiger partial charge in [0.15, 0.2) is 10.7 Å². The topological polar surface area (TPSA) is 92.9 Å². The fraction of sp³-hybridized carbons (Fsp3) is 0.0588. The predicted molar refractivity (Wildman–Crippen MR) is 98.7 cm³/mol. The summed E-state index contributed by atoms with van der Waals surface area (Å²) in [5, 5.41) is 10.9. The van der Waals surface area contributed by atoms with Crippen molar-refractivity contribution in [3.8, 4) is 0 Å². The first-order chi connectivity index (χ1) is 13.1. The lowest BCUT2D eigenvalue weighted by Crippen LogP contribution is -2.40. The maximum Gasteiger partial charge on any atom is 0.290 e. The van der Waals surface area contributed by atoms with Crippen molar-refractivity contribution in [2.45, 2.75) is 5.54 Å². The Morgan fingerprint density at radius 2 is 2.07 bits per heavy atom. The summed E-state index contributed by atoms with van der Waals surface area (Å²) < 4.78 is 18.0. The summed E-state index contributed by atoms with van der Waals surface area (Å²) in [6.07, 6.45) is 7.58. The summed E-state index contributed by atoms with van der Waals surface area (Å²) in [6.45, 7) is 0. The van der Waals surface area contributed by atoms with Crippen molar-refractivity contribution in [1.29, 1.82) is 0 Å². The highest BCUT2D eigenvalue weighted by molar-refractivity contribution is 7.16. The molecule has 1 aromatic carbocycles. The Morgan fingerprint density at radius 3 is 2.74 bits per heavy atom. The number of halogens is 2. The van der Waals surface area contributed by atoms with E-state index in [9.17, 15) is 9.18 Å². The summed E-state index contributed by atoms with van der Waals surface area (Å²) in [4.78, 5) is 20.0. The van der Waals surface area contributed by atoms with Gasteiger partial charge in [-0.05, 0) is 42.6 Å². The number of carbonyl (C=O) groups is 1. The minimum absolute atomic E-state index is 0.139. The number of nitrogens with zero attached hydrogens (tertiary/aromatic N) is 3. The van der Waals surface area contributed by atoms with E-state index in [0.717, 1.165) is 0 Å². The smallest absolute Gasteiger partial charge is 0.290 e. The van der Waals surface area contributed by atoms with Gasteiger partial charge in [-0.2, -0.15) is 4.98 Å². The summed E-state index contributed by atoms with van der Waals surface area (Å²) in [7, 11) is 0. The van der Waals surface area contributed by atoms with Crippen molar-refractivity contribution < 1.29 is 13.7 Å². The van der Waals surface area contributed by atoms with Crippen LogP contribution in [0.1, 0.15) is 21.4 Å². The third-order valence-electron chi connectivity index (χ3n) is 3.80. The van der Waals surface area contributed by atoms with Crippen LogP contribution in [0, 0.1) is 5.82 Å². The maximum absolute atomic E-state index is 13.1. The lowest BCUT2D eigenvalue weighted by atomic mass is 9.94. The molecule has 10 heteroatoms. The van der Waals surface area contributed by atoms with Crippen LogP contribution in [-0.2, 0) is 5.54 Å². The molecule has 1 aliphatic heterocycles. The molecule has 0 radical (unpaired) electrons. The molecule has 3 aromatic rings. The number of aromatic nitrogens is 3. The van der Waals surface area contributed by atoms with Crippen LogP contribution in [0.25, 0.3) is 0 Å². The zero-order valence-electron chi connectivity index (χ0n) is 13.5. The van der Waals surface area contributed by atoms with Crippen LogP contribution < -0.4 is 10.6 Å². The van der Waals surface area contributed by atoms with Gasteiger partial charge in [-0.3, -0.25) is 4.79 Å². The van der Waals surface area contributed by atoms with Gasteiger partial charge in [-0.25, -0.2) is 9.37 Å². The average molecular weight is 404 g/mol. The molecule has 27 heavy (non-hydrogen) atoms. The molecule has 1 atom stereocenters. The van der Waals surface area contributed by atoms with E-state index in [-0.39, 0.29) is 22.7 Å². The molecular weight excluding hydrogens is 393 g/mol. The van der Waals surface area contributed by atoms with Gasteiger partial charge in [0.05, 0.1) is 4.88 Å². The fourth-order valence-corrected chi connectivity index (χ4v) is 3.97. The van der Waals surface area contributed by atoms with Crippen LogP contribution in [0.5, 0.6) is 0 Å². The number of benzene rings is 1. The van der Waals surface area contributed by atoms with Crippen molar-refractivity contribution in [3.63, 3.8) is 0 Å². The standard InChI is InChI=1S/C17H11ClFN5O2S/c18-14-13(27-16(23-14)21-11-5-3-10(19)4-6-11)17(7-1-2-8-20-17)15-22-12(9-25)26-24-15/h1-9,20H,(H,21,23). The second-order valence-corrected chi connectivity index (χ2v) is 6.87. The van der Waals surface area contributed by atoms with Crippen molar-refractivity contribution in [2.75, 3.05) is 5.32 Å². The number of anilines is 2. The van der Waals surface area contributed by atoms with Gasteiger partial charge in [0.2, 0.25) is 12.1 Å². The molecule has 0 spiro atoms. The van der Waals surface area contributed by atoms with Crippen LogP contribution in [0.15, 0.2) is 53.2 Å². The number of hydrogen-bond acceptors (Lipinski definition) is 8. The molecule has 3 heterocycles. The highest BCUT2D eigenvalue weighted by atomic mass is 35.5. The van der Waals surface area contributed by atoms with E-state index in [4.69, 9.17) is 16.1 Å². The van der Waals surface area contributed by atoms with Gasteiger partial charge < -0.3 is 15.2 Å². The highest BCUT2D eigenvalue weighted by Gasteiger charge is 2.41. The number of thiazole rings is 1. The van der Waals surface area contributed by atoms with Crippen LogP contribution >= 0.6 is 22.9 Å². The third-order valence-corrected chi connectivity index (χ3v) is 5.29. The second-order valence-electron chi connectivity index (χ2n) is 5.52. The van der Waals surface area contributed by atoms with Crippen LogP contribution in [0.2, 0.25) is 5.15 Å². The third kappa shape index (κ3) is 3.22. The Balaban J connectivity index is 1.74. The molecule has 0 saturated carbocycles. The number of nitrogens with one attached hydrogen (secondary N) is 2. The Labute approximate surface area is 161 Å². The van der Waals surface area contributed by atoms with Crippen molar-refractivity contribution in [2.24, 2.45) is 0 Å². The number of aldehydes is 1. The monoisotopic (exact) mass is 403 g/mol. The molecule has 1 unspecified atom stereocenters. The molecule has 0 amide bonds. The van der Waals surface area contributed by atoms with Crippen LogP contribution in [0.4, 0.5) is 15.2 Å². The Bertz CT molecular complexity index is 1050. The second kappa shape index (κ2) is 6.93. The van der Waals surface area contributed by atoms with E-state index in [0.29, 0.717) is 22.0 Å². The molecule has 0 fully saturated rings. The molecular formula is C17H11ClFN5O2S. The maximum atomic E-state index is 13.1. The van der Waals surface area contributed by atoms with E-state index in [1.54, 1.807) is 36.6 Å². The predicted octanol–water partition coefficient (Wildman–Crippen LogP) is 3.79. The molecule has 136 valence electrons. The van der Waals surface area contributed by atoms with Crippen LogP contribution in [-0.4, -0.2) is 21.4 Å².